The molecule has 5 heteroatoms. The van der Waals surface area contributed by atoms with Crippen molar-refractivity contribution in [2.45, 2.75) is 6.92 Å². The predicted molar refractivity (Wildman–Crippen MR) is 52.7 cm³/mol. The average Bonchev–Trinajstić information content (AvgIpc) is 2.18. The molecule has 78 valence electrons. The maximum atomic E-state index is 11.0. The number of Topliss-reactive ketones (excluding diaryl/α,β-unsaturated/α-hetero) is 1. The highest BCUT2D eigenvalue weighted by Crippen LogP contribution is 2.14. The lowest BCUT2D eigenvalue weighted by Gasteiger charge is -2.05. The van der Waals surface area contributed by atoms with Gasteiger partial charge in [-0.05, 0) is 12.1 Å². The van der Waals surface area contributed by atoms with Crippen LogP contribution < -0.4 is 5.32 Å². The number of rotatable bonds is 3. The molecule has 0 saturated heterocycles. The standard InChI is InChI=1S/C10H9NO4/c1-6(12)9(13)11-8-5-3-2-4-7(8)10(14)15/h2-5H,1H3,(H,11,13)(H,14,15). The van der Waals surface area contributed by atoms with Crippen LogP contribution in [0.3, 0.4) is 0 Å². The molecule has 0 bridgehead atoms. The summed E-state index contributed by atoms with van der Waals surface area (Å²) in [7, 11) is 0. The first-order chi connectivity index (χ1) is 7.02. The van der Waals surface area contributed by atoms with E-state index in [0.717, 1.165) is 6.92 Å². The number of hydrogen-bond donors (Lipinski definition) is 2. The Morgan fingerprint density at radius 2 is 1.80 bits per heavy atom. The van der Waals surface area contributed by atoms with Crippen LogP contribution in [0.15, 0.2) is 24.3 Å². The van der Waals surface area contributed by atoms with Crippen LogP contribution >= 0.6 is 0 Å². The van der Waals surface area contributed by atoms with Gasteiger partial charge in [-0.15, -0.1) is 0 Å². The van der Waals surface area contributed by atoms with E-state index in [1.54, 1.807) is 6.07 Å². The lowest BCUT2D eigenvalue weighted by molar-refractivity contribution is -0.133. The highest BCUT2D eigenvalue weighted by Gasteiger charge is 2.13. The van der Waals surface area contributed by atoms with Gasteiger partial charge in [0, 0.05) is 6.92 Å². The van der Waals surface area contributed by atoms with Crippen molar-refractivity contribution in [3.8, 4) is 0 Å². The predicted octanol–water partition coefficient (Wildman–Crippen LogP) is 0.912. The third-order valence-corrected chi connectivity index (χ3v) is 1.73. The minimum absolute atomic E-state index is 0.0490. The fourth-order valence-electron chi connectivity index (χ4n) is 0.989. The number of benzene rings is 1. The molecule has 1 rings (SSSR count). The van der Waals surface area contributed by atoms with Crippen molar-refractivity contribution >= 4 is 23.3 Å². The molecular weight excluding hydrogens is 198 g/mol. The van der Waals surface area contributed by atoms with E-state index < -0.39 is 17.7 Å². The summed E-state index contributed by atoms with van der Waals surface area (Å²) in [5.74, 6) is -2.66. The highest BCUT2D eigenvalue weighted by atomic mass is 16.4. The van der Waals surface area contributed by atoms with Crippen LogP contribution in [0.4, 0.5) is 5.69 Å². The van der Waals surface area contributed by atoms with Crippen LogP contribution in [0.25, 0.3) is 0 Å². The molecule has 5 nitrogen and oxygen atoms in total. The molecule has 0 radical (unpaired) electrons. The average molecular weight is 207 g/mol. The Morgan fingerprint density at radius 1 is 1.20 bits per heavy atom. The van der Waals surface area contributed by atoms with Gasteiger partial charge in [-0.1, -0.05) is 12.1 Å². The molecule has 0 heterocycles. The highest BCUT2D eigenvalue weighted by molar-refractivity contribution is 6.40. The fourth-order valence-corrected chi connectivity index (χ4v) is 0.989. The SMILES string of the molecule is CC(=O)C(=O)Nc1ccccc1C(=O)O. The normalized spacial score (nSPS) is 9.40. The first kappa shape index (κ1) is 10.9. The summed E-state index contributed by atoms with van der Waals surface area (Å²) >= 11 is 0. The number of aromatic carboxylic acids is 1. The van der Waals surface area contributed by atoms with Gasteiger partial charge in [0.2, 0.25) is 5.78 Å². The van der Waals surface area contributed by atoms with Gasteiger partial charge < -0.3 is 10.4 Å². The lowest BCUT2D eigenvalue weighted by Crippen LogP contribution is -2.21. The smallest absolute Gasteiger partial charge is 0.337 e. The van der Waals surface area contributed by atoms with Crippen LogP contribution in [0.2, 0.25) is 0 Å². The fraction of sp³-hybridized carbons (Fsp3) is 0.100. The first-order valence-electron chi connectivity index (χ1n) is 4.16. The molecule has 0 saturated carbocycles. The van der Waals surface area contributed by atoms with Crippen molar-refractivity contribution in [1.29, 1.82) is 0 Å². The van der Waals surface area contributed by atoms with Crippen LogP contribution in [-0.2, 0) is 9.59 Å². The van der Waals surface area contributed by atoms with Crippen molar-refractivity contribution < 1.29 is 19.5 Å². The Balaban J connectivity index is 2.99. The summed E-state index contributed by atoms with van der Waals surface area (Å²) in [5.41, 5.74) is 0.0669. The molecule has 15 heavy (non-hydrogen) atoms. The second-order valence-electron chi connectivity index (χ2n) is 2.86. The van der Waals surface area contributed by atoms with Crippen LogP contribution in [0.1, 0.15) is 17.3 Å². The maximum absolute atomic E-state index is 11.0. The molecule has 0 aromatic heterocycles. The summed E-state index contributed by atoms with van der Waals surface area (Å²) in [4.78, 5) is 32.4. The van der Waals surface area contributed by atoms with Crippen LogP contribution in [0.5, 0.6) is 0 Å². The Hall–Kier alpha value is -2.17. The summed E-state index contributed by atoms with van der Waals surface area (Å²) in [6.07, 6.45) is 0. The van der Waals surface area contributed by atoms with E-state index in [2.05, 4.69) is 5.32 Å². The molecule has 0 unspecified atom stereocenters. The zero-order valence-electron chi connectivity index (χ0n) is 7.98. The number of carboxylic acid groups (broad SMARTS) is 1. The van der Waals surface area contributed by atoms with E-state index in [9.17, 15) is 14.4 Å². The molecular formula is C10H9NO4. The van der Waals surface area contributed by atoms with E-state index in [4.69, 9.17) is 5.11 Å². The van der Waals surface area contributed by atoms with Crippen molar-refractivity contribution in [1.82, 2.24) is 0 Å². The van der Waals surface area contributed by atoms with Gasteiger partial charge in [0.15, 0.2) is 0 Å². The number of hydrogen-bond acceptors (Lipinski definition) is 3. The van der Waals surface area contributed by atoms with E-state index in [1.165, 1.54) is 18.2 Å². The number of amides is 1. The Bertz CT molecular complexity index is 425. The first-order valence-corrected chi connectivity index (χ1v) is 4.16. The van der Waals surface area contributed by atoms with E-state index in [0.29, 0.717) is 0 Å². The Labute approximate surface area is 85.7 Å². The molecule has 0 aliphatic carbocycles. The Morgan fingerprint density at radius 3 is 2.33 bits per heavy atom. The van der Waals surface area contributed by atoms with Gasteiger partial charge >= 0.3 is 5.97 Å². The number of nitrogens with one attached hydrogen (secondary N) is 1. The molecule has 0 atom stereocenters. The van der Waals surface area contributed by atoms with Gasteiger partial charge in [0.05, 0.1) is 11.3 Å². The van der Waals surface area contributed by atoms with Gasteiger partial charge in [0.1, 0.15) is 0 Å². The monoisotopic (exact) mass is 207 g/mol. The van der Waals surface area contributed by atoms with Crippen molar-refractivity contribution in [3.05, 3.63) is 29.8 Å². The van der Waals surface area contributed by atoms with Gasteiger partial charge in [-0.25, -0.2) is 4.79 Å². The zero-order valence-corrected chi connectivity index (χ0v) is 7.98. The topological polar surface area (TPSA) is 83.5 Å². The van der Waals surface area contributed by atoms with Gasteiger partial charge in [0.25, 0.3) is 5.91 Å². The number of anilines is 1. The molecule has 2 N–H and O–H groups in total. The molecule has 1 amide bonds. The molecule has 0 aliphatic heterocycles. The van der Waals surface area contributed by atoms with Crippen molar-refractivity contribution in [2.24, 2.45) is 0 Å². The lowest BCUT2D eigenvalue weighted by atomic mass is 10.2. The number of carbonyl (C=O) groups excluding carboxylic acids is 2. The molecule has 1 aromatic rings. The van der Waals surface area contributed by atoms with Crippen LogP contribution in [0, 0.1) is 0 Å². The molecule has 0 fully saturated rings. The zero-order chi connectivity index (χ0) is 11.4. The van der Waals surface area contributed by atoms with Gasteiger partial charge in [-0.3, -0.25) is 9.59 Å². The number of ketones is 1. The van der Waals surface area contributed by atoms with E-state index in [-0.39, 0.29) is 11.3 Å². The second kappa shape index (κ2) is 4.36. The quantitative estimate of drug-likeness (QED) is 0.721. The minimum Gasteiger partial charge on any atom is -0.478 e. The van der Waals surface area contributed by atoms with Crippen LogP contribution in [-0.4, -0.2) is 22.8 Å². The summed E-state index contributed by atoms with van der Waals surface area (Å²) < 4.78 is 0. The molecule has 0 spiro atoms. The van der Waals surface area contributed by atoms with E-state index >= 15 is 0 Å². The molecule has 0 aliphatic rings. The summed E-state index contributed by atoms with van der Waals surface area (Å²) in [5, 5.41) is 11.0. The summed E-state index contributed by atoms with van der Waals surface area (Å²) in [6.45, 7) is 1.11. The number of para-hydroxylation sites is 1. The van der Waals surface area contributed by atoms with Crippen molar-refractivity contribution in [3.63, 3.8) is 0 Å². The third-order valence-electron chi connectivity index (χ3n) is 1.73. The maximum Gasteiger partial charge on any atom is 0.337 e. The Kier molecular flexibility index (Phi) is 3.17. The second-order valence-corrected chi connectivity index (χ2v) is 2.86. The van der Waals surface area contributed by atoms with Gasteiger partial charge in [-0.2, -0.15) is 0 Å². The molecule has 1 aromatic carbocycles. The minimum atomic E-state index is -1.16. The number of carboxylic acids is 1. The summed E-state index contributed by atoms with van der Waals surface area (Å²) in [6, 6.07) is 5.87. The largest absolute Gasteiger partial charge is 0.478 e. The van der Waals surface area contributed by atoms with Crippen molar-refractivity contribution in [2.75, 3.05) is 5.32 Å². The van der Waals surface area contributed by atoms with E-state index in [1.807, 2.05) is 0 Å². The third kappa shape index (κ3) is 2.63. The number of carbonyl (C=O) groups is 3.